The van der Waals surface area contributed by atoms with Gasteiger partial charge < -0.3 is 4.74 Å². The molecule has 0 aromatic heterocycles. The van der Waals surface area contributed by atoms with Gasteiger partial charge in [-0.2, -0.15) is 0 Å². The molecule has 0 amide bonds. The first kappa shape index (κ1) is 8.06. The van der Waals surface area contributed by atoms with Gasteiger partial charge in [0.1, 0.15) is 0 Å². The highest BCUT2D eigenvalue weighted by atomic mass is 16.6. The summed E-state index contributed by atoms with van der Waals surface area (Å²) in [7, 11) is 0. The van der Waals surface area contributed by atoms with Crippen molar-refractivity contribution in [1.82, 2.24) is 0 Å². The summed E-state index contributed by atoms with van der Waals surface area (Å²) in [6.45, 7) is 2.29. The summed E-state index contributed by atoms with van der Waals surface area (Å²) in [6, 6.07) is 0. The highest BCUT2D eigenvalue weighted by Crippen LogP contribution is 2.40. The topological polar surface area (TPSA) is 12.5 Å². The molecule has 1 nitrogen and oxygen atoms in total. The fourth-order valence-electron chi connectivity index (χ4n) is 1.86. The molecule has 2 fully saturated rings. The van der Waals surface area contributed by atoms with Gasteiger partial charge in [-0.1, -0.05) is 20.8 Å². The molecule has 0 aromatic carbocycles. The van der Waals surface area contributed by atoms with E-state index < -0.39 is 0 Å². The monoisotopic (exact) mass is 142 g/mol. The van der Waals surface area contributed by atoms with Crippen molar-refractivity contribution < 1.29 is 4.74 Å². The number of hydrogen-bond acceptors (Lipinski definition) is 1. The van der Waals surface area contributed by atoms with E-state index in [-0.39, 0.29) is 7.43 Å². The molecule has 0 aromatic rings. The lowest BCUT2D eigenvalue weighted by Gasteiger charge is -2.15. The maximum atomic E-state index is 5.41. The van der Waals surface area contributed by atoms with Crippen LogP contribution < -0.4 is 0 Å². The molecule has 0 bridgehead atoms. The van der Waals surface area contributed by atoms with E-state index in [2.05, 4.69) is 6.92 Å². The standard InChI is InChI=1S/C8H14O.CH4/c1-2-6-3-4-7-8(5-6)9-7;/h6-8H,2-5H2,1H3;1H4. The first-order valence-corrected chi connectivity index (χ1v) is 4.05. The van der Waals surface area contributed by atoms with Crippen LogP contribution in [0.5, 0.6) is 0 Å². The second-order valence-corrected chi connectivity index (χ2v) is 3.30. The third kappa shape index (κ3) is 1.34. The Labute approximate surface area is 63.8 Å². The number of epoxide rings is 1. The molecule has 3 atom stereocenters. The average Bonchev–Trinajstić information content (AvgIpc) is 2.64. The van der Waals surface area contributed by atoms with Crippen LogP contribution in [0.3, 0.4) is 0 Å². The highest BCUT2D eigenvalue weighted by molar-refractivity contribution is 4.91. The molecule has 1 aliphatic carbocycles. The highest BCUT2D eigenvalue weighted by Gasteiger charge is 2.43. The molecule has 2 rings (SSSR count). The first-order valence-electron chi connectivity index (χ1n) is 4.05. The van der Waals surface area contributed by atoms with Crippen LogP contribution in [-0.2, 0) is 4.74 Å². The number of hydrogen-bond donors (Lipinski definition) is 0. The fourth-order valence-corrected chi connectivity index (χ4v) is 1.86. The third-order valence-electron chi connectivity index (χ3n) is 2.69. The van der Waals surface area contributed by atoms with Crippen molar-refractivity contribution in [3.05, 3.63) is 0 Å². The molecule has 1 heteroatoms. The zero-order valence-electron chi connectivity index (χ0n) is 5.97. The van der Waals surface area contributed by atoms with E-state index in [0.29, 0.717) is 12.2 Å². The van der Waals surface area contributed by atoms with Crippen molar-refractivity contribution in [3.8, 4) is 0 Å². The van der Waals surface area contributed by atoms with Gasteiger partial charge in [-0.05, 0) is 25.2 Å². The molecular weight excluding hydrogens is 124 g/mol. The molecule has 0 radical (unpaired) electrons. The Balaban J connectivity index is 0.000000500. The molecule has 0 N–H and O–H groups in total. The summed E-state index contributed by atoms with van der Waals surface area (Å²) in [5.41, 5.74) is 0. The van der Waals surface area contributed by atoms with Gasteiger partial charge in [-0.3, -0.25) is 0 Å². The van der Waals surface area contributed by atoms with E-state index in [4.69, 9.17) is 4.74 Å². The minimum Gasteiger partial charge on any atom is -0.370 e. The predicted octanol–water partition coefficient (Wildman–Crippen LogP) is 2.60. The van der Waals surface area contributed by atoms with Crippen molar-refractivity contribution in [2.24, 2.45) is 5.92 Å². The molecule has 1 heterocycles. The van der Waals surface area contributed by atoms with Gasteiger partial charge >= 0.3 is 0 Å². The number of ether oxygens (including phenoxy) is 1. The molecule has 10 heavy (non-hydrogen) atoms. The lowest BCUT2D eigenvalue weighted by molar-refractivity contribution is 0.357. The van der Waals surface area contributed by atoms with Gasteiger partial charge in [-0.15, -0.1) is 0 Å². The van der Waals surface area contributed by atoms with Gasteiger partial charge in [-0.25, -0.2) is 0 Å². The molecule has 1 saturated heterocycles. The average molecular weight is 142 g/mol. The largest absolute Gasteiger partial charge is 0.370 e. The van der Waals surface area contributed by atoms with Crippen molar-refractivity contribution >= 4 is 0 Å². The Morgan fingerprint density at radius 3 is 2.70 bits per heavy atom. The van der Waals surface area contributed by atoms with E-state index in [0.717, 1.165) is 5.92 Å². The van der Waals surface area contributed by atoms with Gasteiger partial charge in [0.2, 0.25) is 0 Å². The first-order chi connectivity index (χ1) is 4.40. The molecule has 1 aliphatic heterocycles. The summed E-state index contributed by atoms with van der Waals surface area (Å²) >= 11 is 0. The Morgan fingerprint density at radius 1 is 1.30 bits per heavy atom. The Bertz CT molecular complexity index is 111. The Morgan fingerprint density at radius 2 is 2.10 bits per heavy atom. The zero-order chi connectivity index (χ0) is 6.27. The van der Waals surface area contributed by atoms with Crippen LogP contribution in [0.25, 0.3) is 0 Å². The van der Waals surface area contributed by atoms with E-state index in [1.54, 1.807) is 0 Å². The third-order valence-corrected chi connectivity index (χ3v) is 2.69. The quantitative estimate of drug-likeness (QED) is 0.513. The zero-order valence-corrected chi connectivity index (χ0v) is 5.97. The summed E-state index contributed by atoms with van der Waals surface area (Å²) in [6.07, 6.45) is 6.82. The van der Waals surface area contributed by atoms with Gasteiger partial charge in [0.05, 0.1) is 12.2 Å². The predicted molar refractivity (Wildman–Crippen MR) is 43.0 cm³/mol. The van der Waals surface area contributed by atoms with E-state index in [1.165, 1.54) is 25.7 Å². The van der Waals surface area contributed by atoms with Crippen molar-refractivity contribution in [3.63, 3.8) is 0 Å². The maximum Gasteiger partial charge on any atom is 0.0844 e. The van der Waals surface area contributed by atoms with E-state index in [1.807, 2.05) is 0 Å². The molecule has 60 valence electrons. The number of rotatable bonds is 1. The number of fused-ring (bicyclic) bond motifs is 1. The van der Waals surface area contributed by atoms with E-state index >= 15 is 0 Å². The van der Waals surface area contributed by atoms with Crippen molar-refractivity contribution in [1.29, 1.82) is 0 Å². The fraction of sp³-hybridized carbons (Fsp3) is 1.00. The van der Waals surface area contributed by atoms with Gasteiger partial charge in [0.15, 0.2) is 0 Å². The van der Waals surface area contributed by atoms with Gasteiger partial charge in [0.25, 0.3) is 0 Å². The minimum atomic E-state index is 0. The summed E-state index contributed by atoms with van der Waals surface area (Å²) < 4.78 is 5.41. The Kier molecular flexibility index (Phi) is 2.35. The Hall–Kier alpha value is -0.0400. The molecule has 0 spiro atoms. The molecule has 1 saturated carbocycles. The summed E-state index contributed by atoms with van der Waals surface area (Å²) in [5, 5.41) is 0. The van der Waals surface area contributed by atoms with Crippen molar-refractivity contribution in [2.45, 2.75) is 52.2 Å². The minimum absolute atomic E-state index is 0. The molecule has 2 aliphatic rings. The van der Waals surface area contributed by atoms with Crippen LogP contribution in [0.1, 0.15) is 40.0 Å². The van der Waals surface area contributed by atoms with Crippen LogP contribution in [-0.4, -0.2) is 12.2 Å². The summed E-state index contributed by atoms with van der Waals surface area (Å²) in [5.74, 6) is 0.980. The molecular formula is C9H18O. The molecule has 3 unspecified atom stereocenters. The van der Waals surface area contributed by atoms with Gasteiger partial charge in [0, 0.05) is 0 Å². The smallest absolute Gasteiger partial charge is 0.0844 e. The normalized spacial score (nSPS) is 43.5. The van der Waals surface area contributed by atoms with Crippen LogP contribution in [0.4, 0.5) is 0 Å². The second kappa shape index (κ2) is 2.91. The van der Waals surface area contributed by atoms with Crippen LogP contribution in [0.2, 0.25) is 0 Å². The van der Waals surface area contributed by atoms with Crippen LogP contribution in [0.15, 0.2) is 0 Å². The maximum absolute atomic E-state index is 5.41. The summed E-state index contributed by atoms with van der Waals surface area (Å²) in [4.78, 5) is 0. The van der Waals surface area contributed by atoms with Crippen LogP contribution >= 0.6 is 0 Å². The van der Waals surface area contributed by atoms with Crippen LogP contribution in [0, 0.1) is 5.92 Å². The second-order valence-electron chi connectivity index (χ2n) is 3.30. The SMILES string of the molecule is C.CCC1CCC2OC2C1. The van der Waals surface area contributed by atoms with E-state index in [9.17, 15) is 0 Å². The lowest BCUT2D eigenvalue weighted by Crippen LogP contribution is -2.11. The lowest BCUT2D eigenvalue weighted by atomic mass is 9.88. The van der Waals surface area contributed by atoms with Crippen molar-refractivity contribution in [2.75, 3.05) is 0 Å².